The van der Waals surface area contributed by atoms with Gasteiger partial charge in [0.25, 0.3) is 0 Å². The van der Waals surface area contributed by atoms with Crippen molar-refractivity contribution < 1.29 is 28.2 Å². The van der Waals surface area contributed by atoms with Crippen LogP contribution in [0.2, 0.25) is 0 Å². The van der Waals surface area contributed by atoms with Gasteiger partial charge in [0.15, 0.2) is 6.10 Å². The molecule has 0 radical (unpaired) electrons. The molecule has 1 N–H and O–H groups in total. The van der Waals surface area contributed by atoms with E-state index >= 15 is 0 Å². The number of cyclic esters (lactones) is 1. The summed E-state index contributed by atoms with van der Waals surface area (Å²) >= 11 is 0. The highest BCUT2D eigenvalue weighted by molar-refractivity contribution is 5.83. The van der Waals surface area contributed by atoms with Crippen molar-refractivity contribution in [3.63, 3.8) is 0 Å². The average Bonchev–Trinajstić information content (AvgIpc) is 2.49. The second-order valence-electron chi connectivity index (χ2n) is 6.08. The molecule has 0 aromatic rings. The number of allylic oxidation sites excluding steroid dienone is 2. The van der Waals surface area contributed by atoms with E-state index in [1.165, 1.54) is 7.11 Å². The monoisotopic (exact) mass is 332 g/mol. The lowest BCUT2D eigenvalue weighted by Crippen LogP contribution is -2.44. The number of esters is 1. The number of methoxy groups -OCH3 is 1. The van der Waals surface area contributed by atoms with Crippen molar-refractivity contribution in [3.8, 4) is 0 Å². The maximum Gasteiger partial charge on any atom is 0.331 e. The largest absolute Gasteiger partial charge is 0.452 e. The van der Waals surface area contributed by atoms with Crippen molar-refractivity contribution in [2.75, 3.05) is 7.11 Å². The summed E-state index contributed by atoms with van der Waals surface area (Å²) in [5.41, 5.74) is 0. The second-order valence-corrected chi connectivity index (χ2v) is 6.08. The van der Waals surface area contributed by atoms with E-state index in [0.29, 0.717) is 12.2 Å². The topological polar surface area (TPSA) is 55.8 Å². The summed E-state index contributed by atoms with van der Waals surface area (Å²) in [7, 11) is 1.54. The van der Waals surface area contributed by atoms with Gasteiger partial charge in [-0.1, -0.05) is 26.0 Å². The summed E-state index contributed by atoms with van der Waals surface area (Å²) in [5.74, 6) is -4.34. The normalized spacial score (nSPS) is 25.9. The van der Waals surface area contributed by atoms with Gasteiger partial charge in [0.2, 0.25) is 0 Å². The van der Waals surface area contributed by atoms with Crippen molar-refractivity contribution in [1.29, 1.82) is 0 Å². The average molecular weight is 332 g/mol. The molecule has 1 rings (SSSR count). The first-order valence-electron chi connectivity index (χ1n) is 7.82. The van der Waals surface area contributed by atoms with E-state index in [-0.39, 0.29) is 24.4 Å². The summed E-state index contributed by atoms with van der Waals surface area (Å²) in [4.78, 5) is 11.2. The molecule has 132 valence electrons. The van der Waals surface area contributed by atoms with E-state index in [1.807, 2.05) is 26.0 Å². The van der Waals surface area contributed by atoms with Crippen molar-refractivity contribution >= 4 is 5.97 Å². The molecule has 0 saturated heterocycles. The molecule has 0 amide bonds. The molecular formula is C17H26F2O4. The van der Waals surface area contributed by atoms with Crippen molar-refractivity contribution in [3.05, 3.63) is 24.3 Å². The van der Waals surface area contributed by atoms with Gasteiger partial charge < -0.3 is 14.6 Å². The highest BCUT2D eigenvalue weighted by Gasteiger charge is 2.45. The molecule has 0 bridgehead atoms. The molecule has 0 unspecified atom stereocenters. The van der Waals surface area contributed by atoms with Crippen LogP contribution in [-0.4, -0.2) is 42.4 Å². The smallest absolute Gasteiger partial charge is 0.331 e. The van der Waals surface area contributed by atoms with Gasteiger partial charge in [0.05, 0.1) is 12.2 Å². The van der Waals surface area contributed by atoms with Crippen molar-refractivity contribution in [2.24, 2.45) is 11.8 Å². The van der Waals surface area contributed by atoms with Crippen molar-refractivity contribution in [2.45, 2.75) is 57.8 Å². The highest BCUT2D eigenvalue weighted by Crippen LogP contribution is 2.32. The molecule has 23 heavy (non-hydrogen) atoms. The Kier molecular flexibility index (Phi) is 7.35. The lowest BCUT2D eigenvalue weighted by atomic mass is 9.84. The van der Waals surface area contributed by atoms with Gasteiger partial charge >= 0.3 is 11.9 Å². The Bertz CT molecular complexity index is 448. The summed E-state index contributed by atoms with van der Waals surface area (Å²) in [6, 6.07) is 0. The number of halogens is 2. The molecule has 1 aliphatic heterocycles. The van der Waals surface area contributed by atoms with Crippen LogP contribution >= 0.6 is 0 Å². The third-order valence-corrected chi connectivity index (χ3v) is 4.29. The first kappa shape index (κ1) is 19.8. The fraction of sp³-hybridized carbons (Fsp3) is 0.706. The first-order chi connectivity index (χ1) is 10.7. The lowest BCUT2D eigenvalue weighted by Gasteiger charge is -2.34. The maximum atomic E-state index is 13.8. The molecule has 4 nitrogen and oxygen atoms in total. The molecule has 5 atom stereocenters. The van der Waals surface area contributed by atoms with Gasteiger partial charge in [0.1, 0.15) is 0 Å². The Labute approximate surface area is 136 Å². The van der Waals surface area contributed by atoms with Crippen LogP contribution in [0.25, 0.3) is 0 Å². The Morgan fingerprint density at radius 1 is 1.48 bits per heavy atom. The number of aliphatic hydroxyl groups excluding tert-OH is 1. The molecule has 1 heterocycles. The van der Waals surface area contributed by atoms with Crippen LogP contribution in [0.15, 0.2) is 24.3 Å². The van der Waals surface area contributed by atoms with Gasteiger partial charge in [-0.05, 0) is 25.3 Å². The molecule has 0 aromatic heterocycles. The molecule has 0 aliphatic carbocycles. The van der Waals surface area contributed by atoms with E-state index < -0.39 is 24.1 Å². The minimum Gasteiger partial charge on any atom is -0.452 e. The zero-order valence-corrected chi connectivity index (χ0v) is 14.0. The molecule has 0 aromatic carbocycles. The SMILES string of the molecule is C/C=C/C[C@H](C)[C@@H](OC)[C@@H](C)[C@H](O)C[C@H]1OC(=O)C=CC1(F)F. The van der Waals surface area contributed by atoms with Gasteiger partial charge in [-0.15, -0.1) is 0 Å². The number of aliphatic hydroxyl groups is 1. The van der Waals surface area contributed by atoms with Crippen LogP contribution in [0.4, 0.5) is 8.78 Å². The van der Waals surface area contributed by atoms with Crippen LogP contribution in [0.5, 0.6) is 0 Å². The van der Waals surface area contributed by atoms with Crippen LogP contribution in [0.3, 0.4) is 0 Å². The first-order valence-corrected chi connectivity index (χ1v) is 7.82. The number of carbonyl (C=O) groups excluding carboxylic acids is 1. The summed E-state index contributed by atoms with van der Waals surface area (Å²) in [6.45, 7) is 5.65. The highest BCUT2D eigenvalue weighted by atomic mass is 19.3. The zero-order chi connectivity index (χ0) is 17.6. The van der Waals surface area contributed by atoms with Crippen molar-refractivity contribution in [1.82, 2.24) is 0 Å². The Balaban J connectivity index is 2.72. The standard InChI is InChI=1S/C17H26F2O4/c1-5-6-7-11(2)16(22-4)12(3)13(20)10-14-17(18,19)9-8-15(21)23-14/h5-6,8-9,11-14,16,20H,7,10H2,1-4H3/b6-5+/t11-,12-,13+,14+,16+/m0/s1. The lowest BCUT2D eigenvalue weighted by molar-refractivity contribution is -0.170. The summed E-state index contributed by atoms with van der Waals surface area (Å²) in [6.07, 6.45) is 2.60. The minimum absolute atomic E-state index is 0.121. The number of hydrogen-bond acceptors (Lipinski definition) is 4. The fourth-order valence-electron chi connectivity index (χ4n) is 2.85. The molecule has 0 saturated carbocycles. The predicted octanol–water partition coefficient (Wildman–Crippen LogP) is 3.11. The third kappa shape index (κ3) is 5.39. The van der Waals surface area contributed by atoms with Crippen LogP contribution in [0, 0.1) is 11.8 Å². The summed E-state index contributed by atoms with van der Waals surface area (Å²) < 4.78 is 37.6. The fourth-order valence-corrected chi connectivity index (χ4v) is 2.85. The molecule has 0 spiro atoms. The molecule has 0 fully saturated rings. The zero-order valence-electron chi connectivity index (χ0n) is 14.0. The maximum absolute atomic E-state index is 13.8. The number of hydrogen-bond donors (Lipinski definition) is 1. The Hall–Kier alpha value is -1.27. The van der Waals surface area contributed by atoms with Crippen LogP contribution in [-0.2, 0) is 14.3 Å². The quantitative estimate of drug-likeness (QED) is 0.548. The number of alkyl halides is 2. The van der Waals surface area contributed by atoms with Crippen LogP contribution < -0.4 is 0 Å². The third-order valence-electron chi connectivity index (χ3n) is 4.29. The van der Waals surface area contributed by atoms with Crippen LogP contribution in [0.1, 0.15) is 33.6 Å². The van der Waals surface area contributed by atoms with E-state index in [9.17, 15) is 18.7 Å². The number of rotatable bonds is 8. The molecular weight excluding hydrogens is 306 g/mol. The molecule has 1 aliphatic rings. The van der Waals surface area contributed by atoms with E-state index in [4.69, 9.17) is 4.74 Å². The molecule has 6 heteroatoms. The van der Waals surface area contributed by atoms with Gasteiger partial charge in [0, 0.05) is 25.5 Å². The predicted molar refractivity (Wildman–Crippen MR) is 83.1 cm³/mol. The van der Waals surface area contributed by atoms with Gasteiger partial charge in [-0.2, -0.15) is 8.78 Å². The minimum atomic E-state index is -3.27. The Morgan fingerprint density at radius 3 is 2.70 bits per heavy atom. The summed E-state index contributed by atoms with van der Waals surface area (Å²) in [5, 5.41) is 10.3. The number of carbonyl (C=O) groups is 1. The van der Waals surface area contributed by atoms with Gasteiger partial charge in [-0.25, -0.2) is 4.79 Å². The Morgan fingerprint density at radius 2 is 2.13 bits per heavy atom. The van der Waals surface area contributed by atoms with E-state index in [2.05, 4.69) is 4.74 Å². The van der Waals surface area contributed by atoms with E-state index in [0.717, 1.165) is 6.42 Å². The second kappa shape index (κ2) is 8.55. The van der Waals surface area contributed by atoms with E-state index in [1.54, 1.807) is 6.92 Å². The number of ether oxygens (including phenoxy) is 2. The van der Waals surface area contributed by atoms with Gasteiger partial charge in [-0.3, -0.25) is 0 Å².